The molecule has 0 aromatic heterocycles. The molecule has 3 rings (SSSR count). The number of piperazine rings is 1. The van der Waals surface area contributed by atoms with Gasteiger partial charge in [-0.3, -0.25) is 4.79 Å². The summed E-state index contributed by atoms with van der Waals surface area (Å²) in [7, 11) is -0.811. The Labute approximate surface area is 179 Å². The van der Waals surface area contributed by atoms with Crippen LogP contribution in [0.3, 0.4) is 0 Å². The van der Waals surface area contributed by atoms with E-state index in [4.69, 9.17) is 32.7 Å². The molecule has 1 heterocycles. The Morgan fingerprint density at radius 2 is 1.62 bits per heavy atom. The molecule has 1 amide bonds. The fourth-order valence-electron chi connectivity index (χ4n) is 3.10. The summed E-state index contributed by atoms with van der Waals surface area (Å²) in [6, 6.07) is 9.31. The number of hydrogen-bond donors (Lipinski definition) is 0. The van der Waals surface area contributed by atoms with Gasteiger partial charge in [0.2, 0.25) is 10.0 Å². The zero-order valence-corrected chi connectivity index (χ0v) is 18.2. The summed E-state index contributed by atoms with van der Waals surface area (Å²) in [5.74, 6) is 0.499. The van der Waals surface area contributed by atoms with Crippen molar-refractivity contribution in [2.24, 2.45) is 0 Å². The number of carbonyl (C=O) groups is 1. The van der Waals surface area contributed by atoms with Gasteiger partial charge < -0.3 is 14.4 Å². The highest BCUT2D eigenvalue weighted by Crippen LogP contribution is 2.31. The van der Waals surface area contributed by atoms with Gasteiger partial charge in [-0.15, -0.1) is 0 Å². The minimum absolute atomic E-state index is 0.104. The highest BCUT2D eigenvalue weighted by molar-refractivity contribution is 7.89. The molecule has 0 aliphatic carbocycles. The average Bonchev–Trinajstić information content (AvgIpc) is 2.74. The van der Waals surface area contributed by atoms with Gasteiger partial charge >= 0.3 is 0 Å². The number of halogens is 2. The van der Waals surface area contributed by atoms with Crippen LogP contribution in [0, 0.1) is 0 Å². The van der Waals surface area contributed by atoms with E-state index in [0.717, 1.165) is 0 Å². The van der Waals surface area contributed by atoms with Gasteiger partial charge in [0, 0.05) is 32.2 Å². The van der Waals surface area contributed by atoms with Crippen molar-refractivity contribution in [3.63, 3.8) is 0 Å². The third kappa shape index (κ3) is 4.30. The lowest BCUT2D eigenvalue weighted by atomic mass is 10.2. The number of hydrogen-bond acceptors (Lipinski definition) is 5. The van der Waals surface area contributed by atoms with E-state index in [9.17, 15) is 13.2 Å². The highest BCUT2D eigenvalue weighted by Gasteiger charge is 2.31. The number of nitrogens with zero attached hydrogens (tertiary/aromatic N) is 2. The minimum Gasteiger partial charge on any atom is -0.493 e. The van der Waals surface area contributed by atoms with Crippen LogP contribution in [0.1, 0.15) is 10.4 Å². The smallest absolute Gasteiger partial charge is 0.255 e. The van der Waals surface area contributed by atoms with Crippen molar-refractivity contribution in [2.45, 2.75) is 4.90 Å². The number of benzene rings is 2. The second kappa shape index (κ2) is 8.79. The van der Waals surface area contributed by atoms with Gasteiger partial charge in [0.1, 0.15) is 0 Å². The van der Waals surface area contributed by atoms with Gasteiger partial charge in [-0.1, -0.05) is 29.3 Å². The van der Waals surface area contributed by atoms with Crippen LogP contribution >= 0.6 is 23.2 Å². The van der Waals surface area contributed by atoms with Crippen LogP contribution in [0.2, 0.25) is 10.0 Å². The quantitative estimate of drug-likeness (QED) is 0.687. The summed E-state index contributed by atoms with van der Waals surface area (Å²) in [4.78, 5) is 14.4. The first kappa shape index (κ1) is 21.7. The Hall–Kier alpha value is -2.00. The molecule has 0 N–H and O–H groups in total. The van der Waals surface area contributed by atoms with Gasteiger partial charge in [-0.2, -0.15) is 4.31 Å². The maximum Gasteiger partial charge on any atom is 0.255 e. The van der Waals surface area contributed by atoms with Gasteiger partial charge in [-0.25, -0.2) is 8.42 Å². The van der Waals surface area contributed by atoms with Crippen LogP contribution in [0.4, 0.5) is 0 Å². The average molecular weight is 459 g/mol. The van der Waals surface area contributed by atoms with Crippen LogP contribution in [0.25, 0.3) is 0 Å². The molecule has 1 aliphatic heterocycles. The van der Waals surface area contributed by atoms with Crippen LogP contribution in [0.15, 0.2) is 41.3 Å². The lowest BCUT2D eigenvalue weighted by molar-refractivity contribution is 0.0698. The standard InChI is InChI=1S/C19H20Cl2N2O5S/c1-27-16-7-6-13(12-17(16)28-2)29(25,26)23-10-8-22(9-11-23)19(24)14-4-3-5-15(20)18(14)21/h3-7,12H,8-11H2,1-2H3. The summed E-state index contributed by atoms with van der Waals surface area (Å²) in [5, 5.41) is 0.492. The van der Waals surface area contributed by atoms with Gasteiger partial charge in [-0.05, 0) is 24.3 Å². The predicted octanol–water partition coefficient (Wildman–Crippen LogP) is 3.16. The SMILES string of the molecule is COc1ccc(S(=O)(=O)N2CCN(C(=O)c3cccc(Cl)c3Cl)CC2)cc1OC. The molecule has 1 fully saturated rings. The van der Waals surface area contributed by atoms with Crippen molar-refractivity contribution in [1.29, 1.82) is 0 Å². The Balaban J connectivity index is 1.74. The Kier molecular flexibility index (Phi) is 6.58. The molecule has 29 heavy (non-hydrogen) atoms. The normalized spacial score (nSPS) is 15.2. The third-order valence-electron chi connectivity index (χ3n) is 4.70. The fourth-order valence-corrected chi connectivity index (χ4v) is 4.92. The second-order valence-electron chi connectivity index (χ2n) is 6.31. The van der Waals surface area contributed by atoms with Gasteiger partial charge in [0.15, 0.2) is 11.5 Å². The zero-order chi connectivity index (χ0) is 21.2. The van der Waals surface area contributed by atoms with Crippen LogP contribution in [0.5, 0.6) is 11.5 Å². The molecular weight excluding hydrogens is 439 g/mol. The monoisotopic (exact) mass is 458 g/mol. The molecule has 0 atom stereocenters. The van der Waals surface area contributed by atoms with Crippen LogP contribution in [-0.4, -0.2) is 63.9 Å². The van der Waals surface area contributed by atoms with E-state index < -0.39 is 10.0 Å². The van der Waals surface area contributed by atoms with Crippen LogP contribution < -0.4 is 9.47 Å². The zero-order valence-electron chi connectivity index (χ0n) is 15.9. The molecule has 1 aliphatic rings. The lowest BCUT2D eigenvalue weighted by Gasteiger charge is -2.34. The number of methoxy groups -OCH3 is 2. The molecule has 2 aromatic rings. The lowest BCUT2D eigenvalue weighted by Crippen LogP contribution is -2.50. The Morgan fingerprint density at radius 3 is 2.24 bits per heavy atom. The molecular formula is C19H20Cl2N2O5S. The molecule has 1 saturated heterocycles. The van der Waals surface area contributed by atoms with E-state index in [-0.39, 0.29) is 42.0 Å². The first-order valence-corrected chi connectivity index (χ1v) is 10.9. The van der Waals surface area contributed by atoms with Crippen molar-refractivity contribution in [1.82, 2.24) is 9.21 Å². The van der Waals surface area contributed by atoms with Crippen molar-refractivity contribution < 1.29 is 22.7 Å². The maximum absolute atomic E-state index is 13.0. The Morgan fingerprint density at radius 1 is 0.966 bits per heavy atom. The number of amides is 1. The summed E-state index contributed by atoms with van der Waals surface area (Å²) in [6.45, 7) is 0.823. The van der Waals surface area contributed by atoms with E-state index in [2.05, 4.69) is 0 Å². The van der Waals surface area contributed by atoms with E-state index in [0.29, 0.717) is 22.1 Å². The largest absolute Gasteiger partial charge is 0.493 e. The minimum atomic E-state index is -3.74. The van der Waals surface area contributed by atoms with E-state index in [1.807, 2.05) is 0 Å². The molecule has 0 saturated carbocycles. The van der Waals surface area contributed by atoms with Crippen molar-refractivity contribution in [3.05, 3.63) is 52.0 Å². The van der Waals surface area contributed by atoms with E-state index >= 15 is 0 Å². The highest BCUT2D eigenvalue weighted by atomic mass is 35.5. The molecule has 0 spiro atoms. The van der Waals surface area contributed by atoms with Crippen molar-refractivity contribution >= 4 is 39.1 Å². The number of sulfonamides is 1. The molecule has 2 aromatic carbocycles. The molecule has 10 heteroatoms. The third-order valence-corrected chi connectivity index (χ3v) is 7.41. The fraction of sp³-hybridized carbons (Fsp3) is 0.316. The summed E-state index contributed by atoms with van der Waals surface area (Å²) < 4.78 is 37.7. The maximum atomic E-state index is 13.0. The second-order valence-corrected chi connectivity index (χ2v) is 9.04. The summed E-state index contributed by atoms with van der Waals surface area (Å²) >= 11 is 12.1. The summed E-state index contributed by atoms with van der Waals surface area (Å²) in [5.41, 5.74) is 0.301. The number of ether oxygens (including phenoxy) is 2. The summed E-state index contributed by atoms with van der Waals surface area (Å²) in [6.07, 6.45) is 0. The number of carbonyl (C=O) groups excluding carboxylic acids is 1. The van der Waals surface area contributed by atoms with Crippen LogP contribution in [-0.2, 0) is 10.0 Å². The molecule has 0 radical (unpaired) electrons. The molecule has 0 bridgehead atoms. The molecule has 7 nitrogen and oxygen atoms in total. The molecule has 156 valence electrons. The predicted molar refractivity (Wildman–Crippen MR) is 111 cm³/mol. The topological polar surface area (TPSA) is 76.2 Å². The number of rotatable bonds is 5. The van der Waals surface area contributed by atoms with Gasteiger partial charge in [0.25, 0.3) is 5.91 Å². The first-order valence-electron chi connectivity index (χ1n) is 8.75. The van der Waals surface area contributed by atoms with Crippen molar-refractivity contribution in [2.75, 3.05) is 40.4 Å². The van der Waals surface area contributed by atoms with Crippen molar-refractivity contribution in [3.8, 4) is 11.5 Å². The Bertz CT molecular complexity index is 1020. The van der Waals surface area contributed by atoms with Gasteiger partial charge in [0.05, 0.1) is 34.7 Å². The first-order chi connectivity index (χ1) is 13.8. The molecule has 0 unspecified atom stereocenters. The van der Waals surface area contributed by atoms with E-state index in [1.165, 1.54) is 30.7 Å². The van der Waals surface area contributed by atoms with E-state index in [1.54, 1.807) is 29.2 Å².